The van der Waals surface area contributed by atoms with Crippen molar-refractivity contribution in [1.29, 1.82) is 0 Å². The minimum Gasteiger partial charge on any atom is -0.481 e. The van der Waals surface area contributed by atoms with Gasteiger partial charge in [-0.05, 0) is 0 Å². The Morgan fingerprint density at radius 1 is 0.714 bits per heavy atom. The Hall–Kier alpha value is -0.748. The Morgan fingerprint density at radius 2 is 1.00 bits per heavy atom. The Morgan fingerprint density at radius 3 is 1.07 bits per heavy atom. The van der Waals surface area contributed by atoms with E-state index in [9.17, 15) is 0 Å². The summed E-state index contributed by atoms with van der Waals surface area (Å²) in [6.07, 6.45) is 19.0. The zero-order chi connectivity index (χ0) is 19.9. The van der Waals surface area contributed by atoms with Crippen LogP contribution >= 0.6 is 9.90 Å². The zero-order valence-electron chi connectivity index (χ0n) is 17.3. The topological polar surface area (TPSA) is 74.6 Å². The number of benzene rings is 1. The van der Waals surface area contributed by atoms with E-state index in [0.717, 1.165) is 13.8 Å². The van der Waals surface area contributed by atoms with Crippen LogP contribution in [-0.4, -0.2) is 22.2 Å². The molecular formula is C22H38O4PPd-3. The summed E-state index contributed by atoms with van der Waals surface area (Å²) in [5.41, 5.74) is 0. The maximum Gasteiger partial charge on any atom is 0.300 e. The van der Waals surface area contributed by atoms with Crippen molar-refractivity contribution in [2.75, 3.05) is 0 Å². The van der Waals surface area contributed by atoms with Gasteiger partial charge in [0.1, 0.15) is 0 Å². The molecular weight excluding hydrogens is 466 g/mol. The van der Waals surface area contributed by atoms with Crippen molar-refractivity contribution in [2.24, 2.45) is 0 Å². The molecule has 1 aromatic carbocycles. The summed E-state index contributed by atoms with van der Waals surface area (Å²) >= 11 is 0. The largest absolute Gasteiger partial charge is 0.481 e. The van der Waals surface area contributed by atoms with E-state index in [-0.39, 0.29) is 30.3 Å². The fourth-order valence-corrected chi connectivity index (χ4v) is 2.14. The molecule has 1 unspecified atom stereocenters. The van der Waals surface area contributed by atoms with Crippen molar-refractivity contribution in [1.82, 2.24) is 0 Å². The number of rotatable bonds is 0. The molecule has 0 amide bonds. The molecule has 0 bridgehead atoms. The number of aliphatic carboxylic acids is 2. The fourth-order valence-electron chi connectivity index (χ4n) is 2.14. The predicted octanol–water partition coefficient (Wildman–Crippen LogP) is 6.03. The molecule has 2 saturated carbocycles. The standard InChI is InChI=1S/2C6H11.C6H5.2C2H4O2.H3P.Pd/c3*1-2-4-6-5-3-1;2*1-2(3)4;;/h2*1H,2-6H2;1-5H;2*1H3,(H,3,4);1H3;/q3*-1;;;;. The number of carboxylic acids is 2. The molecule has 0 spiro atoms. The van der Waals surface area contributed by atoms with E-state index in [2.05, 4.69) is 18.9 Å². The molecule has 2 aliphatic rings. The number of hydrogen-bond acceptors (Lipinski definition) is 2. The first kappa shape index (κ1) is 34.7. The predicted molar refractivity (Wildman–Crippen MR) is 118 cm³/mol. The summed E-state index contributed by atoms with van der Waals surface area (Å²) in [7, 11) is 0. The molecule has 1 atom stereocenters. The van der Waals surface area contributed by atoms with Crippen LogP contribution in [0.4, 0.5) is 0 Å². The van der Waals surface area contributed by atoms with Gasteiger partial charge in [-0.2, -0.15) is 72.0 Å². The van der Waals surface area contributed by atoms with E-state index < -0.39 is 11.9 Å². The summed E-state index contributed by atoms with van der Waals surface area (Å²) in [5.74, 6) is -1.67. The van der Waals surface area contributed by atoms with Crippen molar-refractivity contribution in [3.63, 3.8) is 0 Å². The van der Waals surface area contributed by atoms with Gasteiger partial charge in [0.15, 0.2) is 0 Å². The van der Waals surface area contributed by atoms with Crippen molar-refractivity contribution in [2.45, 2.75) is 78.1 Å². The summed E-state index contributed by atoms with van der Waals surface area (Å²) in [5, 5.41) is 14.8. The smallest absolute Gasteiger partial charge is 0.300 e. The van der Waals surface area contributed by atoms with Crippen molar-refractivity contribution < 1.29 is 40.2 Å². The molecule has 2 fully saturated rings. The van der Waals surface area contributed by atoms with Crippen molar-refractivity contribution >= 4 is 21.8 Å². The van der Waals surface area contributed by atoms with Gasteiger partial charge in [0.25, 0.3) is 11.9 Å². The van der Waals surface area contributed by atoms with Crippen LogP contribution in [0, 0.1) is 18.9 Å². The minimum atomic E-state index is -0.833. The van der Waals surface area contributed by atoms with Gasteiger partial charge < -0.3 is 23.1 Å². The number of carboxylic acid groups (broad SMARTS) is 2. The van der Waals surface area contributed by atoms with Crippen LogP contribution in [0.15, 0.2) is 30.3 Å². The molecule has 0 aromatic heterocycles. The third kappa shape index (κ3) is 49.9. The monoisotopic (exact) mass is 503 g/mol. The minimum absolute atomic E-state index is 0. The first-order chi connectivity index (χ1) is 12.5. The van der Waals surface area contributed by atoms with Crippen LogP contribution in [0.25, 0.3) is 0 Å². The summed E-state index contributed by atoms with van der Waals surface area (Å²) in [6.45, 7) is 2.17. The summed E-state index contributed by atoms with van der Waals surface area (Å²) < 4.78 is 0. The molecule has 6 heteroatoms. The number of hydrogen-bond donors (Lipinski definition) is 2. The van der Waals surface area contributed by atoms with E-state index in [1.165, 1.54) is 64.2 Å². The molecule has 0 aliphatic heterocycles. The SMILES string of the molecule is CC(=O)O.CC(=O)O.P.[CH-]1CCCCC1.[CH-]1CCCCC1.[Pd].[c-]1ccccc1. The molecule has 1 aromatic rings. The average Bonchev–Trinajstić information content (AvgIpc) is 2.66. The van der Waals surface area contributed by atoms with Crippen LogP contribution in [0.3, 0.4) is 0 Å². The Kier molecular flexibility index (Phi) is 38.4. The second-order valence-electron chi connectivity index (χ2n) is 5.97. The van der Waals surface area contributed by atoms with Crippen LogP contribution in [-0.2, 0) is 30.0 Å². The van der Waals surface area contributed by atoms with Gasteiger partial charge in [-0.25, -0.2) is 0 Å². The third-order valence-corrected chi connectivity index (χ3v) is 3.24. The van der Waals surface area contributed by atoms with Crippen LogP contribution in [0.1, 0.15) is 78.1 Å². The van der Waals surface area contributed by atoms with Gasteiger partial charge in [-0.15, -0.1) is 0 Å². The Bertz CT molecular complexity index is 327. The molecule has 4 nitrogen and oxygen atoms in total. The number of carbonyl (C=O) groups is 2. The summed E-state index contributed by atoms with van der Waals surface area (Å²) in [4.78, 5) is 18.0. The first-order valence-electron chi connectivity index (χ1n) is 9.40. The Labute approximate surface area is 189 Å². The van der Waals surface area contributed by atoms with Gasteiger partial charge in [0.05, 0.1) is 0 Å². The molecule has 28 heavy (non-hydrogen) atoms. The van der Waals surface area contributed by atoms with Crippen LogP contribution < -0.4 is 0 Å². The van der Waals surface area contributed by atoms with E-state index in [1.807, 2.05) is 30.3 Å². The molecule has 2 N–H and O–H groups in total. The van der Waals surface area contributed by atoms with Gasteiger partial charge in [-0.3, -0.25) is 9.59 Å². The zero-order valence-corrected chi connectivity index (χ0v) is 20.3. The first-order valence-corrected chi connectivity index (χ1v) is 9.40. The summed E-state index contributed by atoms with van der Waals surface area (Å²) in [6, 6.07) is 12.5. The van der Waals surface area contributed by atoms with Crippen LogP contribution in [0.2, 0.25) is 0 Å². The fraction of sp³-hybridized carbons (Fsp3) is 0.545. The second-order valence-corrected chi connectivity index (χ2v) is 5.97. The molecule has 168 valence electrons. The normalized spacial score (nSPS) is 13.8. The van der Waals surface area contributed by atoms with Gasteiger partial charge in [0.2, 0.25) is 0 Å². The van der Waals surface area contributed by atoms with Gasteiger partial charge in [-0.1, -0.05) is 38.5 Å². The quantitative estimate of drug-likeness (QED) is 0.257. The molecule has 0 heterocycles. The molecule has 0 saturated heterocycles. The maximum atomic E-state index is 9.00. The van der Waals surface area contributed by atoms with E-state index in [0.29, 0.717) is 0 Å². The average molecular weight is 504 g/mol. The Balaban J connectivity index is -0.000000128. The van der Waals surface area contributed by atoms with Crippen LogP contribution in [0.5, 0.6) is 0 Å². The van der Waals surface area contributed by atoms with Crippen molar-refractivity contribution in [3.05, 3.63) is 49.2 Å². The molecule has 0 radical (unpaired) electrons. The van der Waals surface area contributed by atoms with E-state index in [1.54, 1.807) is 0 Å². The van der Waals surface area contributed by atoms with Gasteiger partial charge >= 0.3 is 0 Å². The maximum absolute atomic E-state index is 9.00. The molecule has 2 aliphatic carbocycles. The molecule has 3 rings (SSSR count). The van der Waals surface area contributed by atoms with Crippen molar-refractivity contribution in [3.8, 4) is 0 Å². The second kappa shape index (κ2) is 31.0. The third-order valence-electron chi connectivity index (χ3n) is 3.24. The van der Waals surface area contributed by atoms with E-state index in [4.69, 9.17) is 19.8 Å². The van der Waals surface area contributed by atoms with Gasteiger partial charge in [0, 0.05) is 34.3 Å². The van der Waals surface area contributed by atoms with E-state index >= 15 is 0 Å².